The molecule has 0 aromatic heterocycles. The average Bonchev–Trinajstić information content (AvgIpc) is 2.59. The van der Waals surface area contributed by atoms with Crippen LogP contribution in [0, 0.1) is 0 Å². The number of ether oxygens (including phenoxy) is 1. The first kappa shape index (κ1) is 13.3. The molecule has 6 heteroatoms. The first-order chi connectivity index (χ1) is 7.94. The molecule has 5 nitrogen and oxygen atoms in total. The van der Waals surface area contributed by atoms with Gasteiger partial charge in [-0.25, -0.2) is 13.1 Å². The van der Waals surface area contributed by atoms with E-state index in [0.29, 0.717) is 19.4 Å². The van der Waals surface area contributed by atoms with E-state index in [1.807, 2.05) is 13.8 Å². The van der Waals surface area contributed by atoms with Gasteiger partial charge < -0.3 is 10.1 Å². The average molecular weight is 262 g/mol. The third-order valence-corrected chi connectivity index (χ3v) is 6.09. The van der Waals surface area contributed by atoms with Crippen LogP contribution in [0.2, 0.25) is 0 Å². The molecule has 2 saturated heterocycles. The maximum atomic E-state index is 12.3. The van der Waals surface area contributed by atoms with Gasteiger partial charge >= 0.3 is 0 Å². The molecule has 2 rings (SSSR count). The van der Waals surface area contributed by atoms with E-state index in [4.69, 9.17) is 4.74 Å². The Morgan fingerprint density at radius 2 is 2.00 bits per heavy atom. The molecular weight excluding hydrogens is 240 g/mol. The SMILES string of the molecule is CC1OCCC1(C)NS(=O)(=O)C1CCNCC1. The van der Waals surface area contributed by atoms with Crippen LogP contribution in [0.25, 0.3) is 0 Å². The van der Waals surface area contributed by atoms with Crippen molar-refractivity contribution in [1.82, 2.24) is 10.0 Å². The minimum absolute atomic E-state index is 0.0565. The van der Waals surface area contributed by atoms with Crippen LogP contribution in [0.1, 0.15) is 33.1 Å². The molecule has 2 aliphatic heterocycles. The first-order valence-electron chi connectivity index (χ1n) is 6.29. The monoisotopic (exact) mass is 262 g/mol. The molecule has 0 bridgehead atoms. The highest BCUT2D eigenvalue weighted by Gasteiger charge is 2.42. The van der Waals surface area contributed by atoms with Crippen LogP contribution in [0.3, 0.4) is 0 Å². The zero-order chi connectivity index (χ0) is 12.5. The lowest BCUT2D eigenvalue weighted by molar-refractivity contribution is 0.0956. The van der Waals surface area contributed by atoms with Crippen molar-refractivity contribution in [2.45, 2.75) is 50.0 Å². The molecule has 0 aliphatic carbocycles. The number of rotatable bonds is 3. The molecule has 0 aromatic carbocycles. The summed E-state index contributed by atoms with van der Waals surface area (Å²) in [6.45, 7) is 6.07. The van der Waals surface area contributed by atoms with Crippen molar-refractivity contribution in [2.75, 3.05) is 19.7 Å². The van der Waals surface area contributed by atoms with Gasteiger partial charge in [0.1, 0.15) is 0 Å². The molecule has 0 amide bonds. The number of hydrogen-bond donors (Lipinski definition) is 2. The lowest BCUT2D eigenvalue weighted by atomic mass is 9.97. The summed E-state index contributed by atoms with van der Waals surface area (Å²) >= 11 is 0. The number of nitrogens with one attached hydrogen (secondary N) is 2. The summed E-state index contributed by atoms with van der Waals surface area (Å²) in [5.41, 5.74) is -0.441. The second-order valence-corrected chi connectivity index (χ2v) is 7.24. The predicted octanol–water partition coefficient (Wildman–Crippen LogP) is 0.225. The standard InChI is InChI=1S/C11H22N2O3S/c1-9-11(2,5-8-16-9)13-17(14,15)10-3-6-12-7-4-10/h9-10,12-13H,3-8H2,1-2H3. The van der Waals surface area contributed by atoms with Crippen molar-refractivity contribution >= 4 is 10.0 Å². The minimum Gasteiger partial charge on any atom is -0.376 e. The van der Waals surface area contributed by atoms with Gasteiger partial charge in [-0.1, -0.05) is 0 Å². The minimum atomic E-state index is -3.23. The summed E-state index contributed by atoms with van der Waals surface area (Å²) in [7, 11) is -3.23. The molecule has 0 saturated carbocycles. The van der Waals surface area contributed by atoms with E-state index in [1.54, 1.807) is 0 Å². The smallest absolute Gasteiger partial charge is 0.215 e. The Balaban J connectivity index is 2.06. The van der Waals surface area contributed by atoms with Gasteiger partial charge in [0.15, 0.2) is 0 Å². The predicted molar refractivity (Wildman–Crippen MR) is 66.4 cm³/mol. The zero-order valence-corrected chi connectivity index (χ0v) is 11.3. The van der Waals surface area contributed by atoms with E-state index in [2.05, 4.69) is 10.0 Å². The fourth-order valence-corrected chi connectivity index (χ4v) is 4.42. The fraction of sp³-hybridized carbons (Fsp3) is 1.00. The maximum Gasteiger partial charge on any atom is 0.215 e. The van der Waals surface area contributed by atoms with E-state index in [0.717, 1.165) is 19.5 Å². The van der Waals surface area contributed by atoms with E-state index in [9.17, 15) is 8.42 Å². The molecule has 2 unspecified atom stereocenters. The van der Waals surface area contributed by atoms with Crippen molar-refractivity contribution < 1.29 is 13.2 Å². The lowest BCUT2D eigenvalue weighted by Gasteiger charge is -2.32. The van der Waals surface area contributed by atoms with Crippen LogP contribution in [0.5, 0.6) is 0 Å². The van der Waals surface area contributed by atoms with E-state index in [-0.39, 0.29) is 11.4 Å². The summed E-state index contributed by atoms with van der Waals surface area (Å²) in [6.07, 6.45) is 2.08. The molecule has 2 aliphatic rings. The molecule has 0 spiro atoms. The Labute approximate surface area is 103 Å². The van der Waals surface area contributed by atoms with Gasteiger partial charge in [0.2, 0.25) is 10.0 Å². The van der Waals surface area contributed by atoms with Gasteiger partial charge in [-0.3, -0.25) is 0 Å². The summed E-state index contributed by atoms with van der Waals surface area (Å²) in [5, 5.41) is 2.93. The second-order valence-electron chi connectivity index (χ2n) is 5.28. The Bertz CT molecular complexity index is 365. The highest BCUT2D eigenvalue weighted by atomic mass is 32.2. The number of piperidine rings is 1. The summed E-state index contributed by atoms with van der Waals surface area (Å²) in [4.78, 5) is 0. The number of sulfonamides is 1. The Kier molecular flexibility index (Phi) is 3.77. The lowest BCUT2D eigenvalue weighted by Crippen LogP contribution is -2.54. The van der Waals surface area contributed by atoms with Crippen LogP contribution < -0.4 is 10.0 Å². The van der Waals surface area contributed by atoms with Crippen molar-refractivity contribution in [1.29, 1.82) is 0 Å². The zero-order valence-electron chi connectivity index (χ0n) is 10.5. The topological polar surface area (TPSA) is 67.4 Å². The molecule has 2 fully saturated rings. The quantitative estimate of drug-likeness (QED) is 0.764. The van der Waals surface area contributed by atoms with Crippen molar-refractivity contribution in [3.63, 3.8) is 0 Å². The number of hydrogen-bond acceptors (Lipinski definition) is 4. The highest BCUT2D eigenvalue weighted by Crippen LogP contribution is 2.27. The second kappa shape index (κ2) is 4.84. The van der Waals surface area contributed by atoms with E-state index >= 15 is 0 Å². The summed E-state index contributed by atoms with van der Waals surface area (Å²) < 4.78 is 32.9. The largest absolute Gasteiger partial charge is 0.376 e. The molecule has 0 aromatic rings. The van der Waals surface area contributed by atoms with Crippen LogP contribution in [-0.2, 0) is 14.8 Å². The van der Waals surface area contributed by atoms with Crippen molar-refractivity contribution in [3.8, 4) is 0 Å². The van der Waals surface area contributed by atoms with Crippen LogP contribution >= 0.6 is 0 Å². The fourth-order valence-electron chi connectivity index (χ4n) is 2.48. The van der Waals surface area contributed by atoms with Gasteiger partial charge in [0, 0.05) is 6.61 Å². The normalized spacial score (nSPS) is 36.2. The van der Waals surface area contributed by atoms with Gasteiger partial charge in [-0.15, -0.1) is 0 Å². The van der Waals surface area contributed by atoms with Crippen molar-refractivity contribution in [2.24, 2.45) is 0 Å². The highest BCUT2D eigenvalue weighted by molar-refractivity contribution is 7.90. The van der Waals surface area contributed by atoms with Crippen LogP contribution in [-0.4, -0.2) is 45.0 Å². The molecule has 17 heavy (non-hydrogen) atoms. The molecule has 2 N–H and O–H groups in total. The maximum absolute atomic E-state index is 12.3. The molecule has 0 radical (unpaired) electrons. The Morgan fingerprint density at radius 1 is 1.35 bits per heavy atom. The van der Waals surface area contributed by atoms with E-state index < -0.39 is 15.6 Å². The van der Waals surface area contributed by atoms with Crippen LogP contribution in [0.15, 0.2) is 0 Å². The molecular formula is C11H22N2O3S. The van der Waals surface area contributed by atoms with Crippen LogP contribution in [0.4, 0.5) is 0 Å². The molecule has 100 valence electrons. The van der Waals surface area contributed by atoms with Gasteiger partial charge in [0.25, 0.3) is 0 Å². The van der Waals surface area contributed by atoms with Gasteiger partial charge in [-0.2, -0.15) is 0 Å². The Morgan fingerprint density at radius 3 is 2.53 bits per heavy atom. The van der Waals surface area contributed by atoms with E-state index in [1.165, 1.54) is 0 Å². The van der Waals surface area contributed by atoms with Gasteiger partial charge in [0.05, 0.1) is 16.9 Å². The van der Waals surface area contributed by atoms with Gasteiger partial charge in [-0.05, 0) is 46.2 Å². The Hall–Kier alpha value is -0.170. The summed E-state index contributed by atoms with van der Waals surface area (Å²) in [6, 6.07) is 0. The molecule has 2 atom stereocenters. The van der Waals surface area contributed by atoms with Crippen molar-refractivity contribution in [3.05, 3.63) is 0 Å². The third-order valence-electron chi connectivity index (χ3n) is 3.99. The third kappa shape index (κ3) is 2.81. The molecule has 2 heterocycles. The first-order valence-corrected chi connectivity index (χ1v) is 7.84. The summed E-state index contributed by atoms with van der Waals surface area (Å²) in [5.74, 6) is 0.